The Kier molecular flexibility index (Phi) is 6.86. The van der Waals surface area contributed by atoms with E-state index < -0.39 is 30.4 Å². The van der Waals surface area contributed by atoms with Crippen LogP contribution in [-0.4, -0.2) is 44.6 Å². The van der Waals surface area contributed by atoms with E-state index >= 15 is 0 Å². The molecule has 3 N–H and O–H groups in total. The smallest absolute Gasteiger partial charge is 0.344 e. The maximum absolute atomic E-state index is 11.5. The first kappa shape index (κ1) is 21.1. The number of carboxylic acid groups (broad SMARTS) is 2. The minimum atomic E-state index is -2.14. The fraction of sp³-hybridized carbons (Fsp3) is 0.158. The summed E-state index contributed by atoms with van der Waals surface area (Å²) in [4.78, 5) is 37.7. The maximum atomic E-state index is 11.5. The largest absolute Gasteiger partial charge is 0.505 e. The summed E-state index contributed by atoms with van der Waals surface area (Å²) < 4.78 is 4.94. The zero-order chi connectivity index (χ0) is 20.8. The van der Waals surface area contributed by atoms with Gasteiger partial charge in [0.25, 0.3) is 6.10 Å². The van der Waals surface area contributed by atoms with E-state index in [1.54, 1.807) is 30.3 Å². The second kappa shape index (κ2) is 9.12. The number of nitrogens with zero attached hydrogens (tertiary/aromatic N) is 1. The Morgan fingerprint density at radius 3 is 2.43 bits per heavy atom. The molecule has 0 fully saturated rings. The van der Waals surface area contributed by atoms with Crippen LogP contribution in [-0.2, 0) is 20.9 Å². The molecule has 28 heavy (non-hydrogen) atoms. The Bertz CT molecular complexity index is 942. The highest BCUT2D eigenvalue weighted by atomic mass is 35.5. The SMILES string of the molecule is Cc1nc(/C=C/c2ccccc2Cl)c(COC(C(=O)O)C(=O)O)c(C=O)c1O. The average molecular weight is 406 g/mol. The van der Waals surface area contributed by atoms with Crippen molar-refractivity contribution < 1.29 is 34.4 Å². The summed E-state index contributed by atoms with van der Waals surface area (Å²) in [5.41, 5.74) is 0.907. The summed E-state index contributed by atoms with van der Waals surface area (Å²) >= 11 is 6.09. The van der Waals surface area contributed by atoms with E-state index in [1.165, 1.54) is 13.0 Å². The lowest BCUT2D eigenvalue weighted by Crippen LogP contribution is -2.32. The van der Waals surface area contributed by atoms with Crippen molar-refractivity contribution in [3.8, 4) is 5.75 Å². The minimum absolute atomic E-state index is 0.0499. The van der Waals surface area contributed by atoms with Gasteiger partial charge in [-0.05, 0) is 24.6 Å². The molecule has 0 bridgehead atoms. The molecule has 0 amide bonds. The van der Waals surface area contributed by atoms with Crippen LogP contribution >= 0.6 is 11.6 Å². The Balaban J connectivity index is 2.48. The normalized spacial score (nSPS) is 11.1. The zero-order valence-corrected chi connectivity index (χ0v) is 15.4. The van der Waals surface area contributed by atoms with Crippen LogP contribution in [0.5, 0.6) is 5.75 Å². The van der Waals surface area contributed by atoms with Crippen LogP contribution in [0, 0.1) is 6.92 Å². The number of carboxylic acids is 2. The lowest BCUT2D eigenvalue weighted by Gasteiger charge is -2.14. The molecule has 0 saturated heterocycles. The van der Waals surface area contributed by atoms with E-state index in [-0.39, 0.29) is 22.5 Å². The molecule has 9 heteroatoms. The molecule has 146 valence electrons. The van der Waals surface area contributed by atoms with E-state index in [0.717, 1.165) is 0 Å². The van der Waals surface area contributed by atoms with Crippen LogP contribution in [0.3, 0.4) is 0 Å². The van der Waals surface area contributed by atoms with Crippen molar-refractivity contribution in [2.24, 2.45) is 0 Å². The first-order valence-corrected chi connectivity index (χ1v) is 8.31. The van der Waals surface area contributed by atoms with Gasteiger partial charge in [0.1, 0.15) is 5.75 Å². The van der Waals surface area contributed by atoms with Gasteiger partial charge in [0, 0.05) is 10.6 Å². The van der Waals surface area contributed by atoms with Crippen LogP contribution in [0.2, 0.25) is 5.02 Å². The predicted molar refractivity (Wildman–Crippen MR) is 100 cm³/mol. The summed E-state index contributed by atoms with van der Waals surface area (Å²) in [6, 6.07) is 6.95. The molecular formula is C19H16ClNO7. The number of rotatable bonds is 8. The molecule has 1 aromatic heterocycles. The van der Waals surface area contributed by atoms with Gasteiger partial charge < -0.3 is 20.1 Å². The van der Waals surface area contributed by atoms with E-state index in [2.05, 4.69) is 4.98 Å². The van der Waals surface area contributed by atoms with Gasteiger partial charge in [-0.2, -0.15) is 0 Å². The summed E-state index contributed by atoms with van der Waals surface area (Å²) in [7, 11) is 0. The number of benzene rings is 1. The Labute approximate surface area is 164 Å². The van der Waals surface area contributed by atoms with E-state index in [0.29, 0.717) is 16.9 Å². The minimum Gasteiger partial charge on any atom is -0.505 e. The van der Waals surface area contributed by atoms with Crippen LogP contribution in [0.1, 0.15) is 32.9 Å². The second-order valence-corrected chi connectivity index (χ2v) is 6.07. The zero-order valence-electron chi connectivity index (χ0n) is 14.6. The maximum Gasteiger partial charge on any atom is 0.344 e. The van der Waals surface area contributed by atoms with Crippen molar-refractivity contribution in [2.45, 2.75) is 19.6 Å². The number of hydrogen-bond acceptors (Lipinski definition) is 6. The quantitative estimate of drug-likeness (QED) is 0.450. The second-order valence-electron chi connectivity index (χ2n) is 5.66. The molecule has 8 nitrogen and oxygen atoms in total. The fourth-order valence-corrected chi connectivity index (χ4v) is 2.59. The third kappa shape index (κ3) is 4.73. The van der Waals surface area contributed by atoms with Gasteiger partial charge in [-0.25, -0.2) is 14.6 Å². The number of aryl methyl sites for hydroxylation is 1. The van der Waals surface area contributed by atoms with Gasteiger partial charge in [-0.15, -0.1) is 0 Å². The monoisotopic (exact) mass is 405 g/mol. The molecular weight excluding hydrogens is 390 g/mol. The molecule has 2 aromatic rings. The van der Waals surface area contributed by atoms with Crippen LogP contribution in [0.25, 0.3) is 12.2 Å². The Morgan fingerprint density at radius 1 is 1.21 bits per heavy atom. The molecule has 1 heterocycles. The molecule has 0 spiro atoms. The number of ether oxygens (including phenoxy) is 1. The number of pyridine rings is 1. The predicted octanol–water partition coefficient (Wildman–Crippen LogP) is 2.79. The molecule has 0 aliphatic carbocycles. The number of aromatic hydroxyl groups is 1. The van der Waals surface area contributed by atoms with Gasteiger partial charge in [0.2, 0.25) is 0 Å². The van der Waals surface area contributed by atoms with Crippen molar-refractivity contribution in [3.05, 3.63) is 57.4 Å². The fourth-order valence-electron chi connectivity index (χ4n) is 2.39. The highest BCUT2D eigenvalue weighted by Gasteiger charge is 2.28. The van der Waals surface area contributed by atoms with E-state index in [1.807, 2.05) is 0 Å². The first-order chi connectivity index (χ1) is 13.3. The Hall–Kier alpha value is -3.23. The van der Waals surface area contributed by atoms with Crippen molar-refractivity contribution in [2.75, 3.05) is 0 Å². The third-order valence-electron chi connectivity index (χ3n) is 3.81. The molecule has 0 aliphatic heterocycles. The first-order valence-electron chi connectivity index (χ1n) is 7.93. The standard InChI is InChI=1S/C19H16ClNO7/c1-10-16(23)12(8-22)13(9-28-17(18(24)25)19(26)27)15(21-10)7-6-11-4-2-3-5-14(11)20/h2-8,17,23H,9H2,1H3,(H,24,25)(H,26,27)/b7-6+. The highest BCUT2D eigenvalue weighted by Crippen LogP contribution is 2.28. The van der Waals surface area contributed by atoms with Crippen molar-refractivity contribution in [3.63, 3.8) is 0 Å². The number of carbonyl (C=O) groups is 3. The Morgan fingerprint density at radius 2 is 1.86 bits per heavy atom. The number of carbonyl (C=O) groups excluding carboxylic acids is 1. The van der Waals surface area contributed by atoms with Gasteiger partial charge in [-0.3, -0.25) is 4.79 Å². The van der Waals surface area contributed by atoms with E-state index in [4.69, 9.17) is 26.6 Å². The van der Waals surface area contributed by atoms with E-state index in [9.17, 15) is 19.5 Å². The van der Waals surface area contributed by atoms with Crippen LogP contribution in [0.15, 0.2) is 24.3 Å². The third-order valence-corrected chi connectivity index (χ3v) is 4.15. The summed E-state index contributed by atoms with van der Waals surface area (Å²) in [6.45, 7) is 0.914. The molecule has 0 saturated carbocycles. The van der Waals surface area contributed by atoms with Gasteiger partial charge >= 0.3 is 11.9 Å². The number of aldehydes is 1. The summed E-state index contributed by atoms with van der Waals surface area (Å²) in [5.74, 6) is -3.79. The number of halogens is 1. The average Bonchev–Trinajstić information content (AvgIpc) is 2.64. The van der Waals surface area contributed by atoms with Gasteiger partial charge in [0.05, 0.1) is 23.6 Å². The highest BCUT2D eigenvalue weighted by molar-refractivity contribution is 6.32. The van der Waals surface area contributed by atoms with Crippen molar-refractivity contribution in [1.29, 1.82) is 0 Å². The molecule has 2 rings (SSSR count). The molecule has 0 radical (unpaired) electrons. The number of hydrogen-bond donors (Lipinski definition) is 3. The molecule has 0 aliphatic rings. The summed E-state index contributed by atoms with van der Waals surface area (Å²) in [5, 5.41) is 28.4. The molecule has 0 unspecified atom stereocenters. The summed E-state index contributed by atoms with van der Waals surface area (Å²) in [6.07, 6.45) is 1.36. The topological polar surface area (TPSA) is 134 Å². The number of aromatic nitrogens is 1. The van der Waals surface area contributed by atoms with Crippen molar-refractivity contribution >= 4 is 42.0 Å². The van der Waals surface area contributed by atoms with Crippen LogP contribution in [0.4, 0.5) is 0 Å². The van der Waals surface area contributed by atoms with Gasteiger partial charge in [-0.1, -0.05) is 35.9 Å². The van der Waals surface area contributed by atoms with Crippen molar-refractivity contribution in [1.82, 2.24) is 4.98 Å². The van der Waals surface area contributed by atoms with Gasteiger partial charge in [0.15, 0.2) is 6.29 Å². The number of aliphatic carboxylic acids is 2. The lowest BCUT2D eigenvalue weighted by molar-refractivity contribution is -0.166. The molecule has 0 atom stereocenters. The lowest BCUT2D eigenvalue weighted by atomic mass is 10.0. The molecule has 1 aromatic carbocycles. The van der Waals surface area contributed by atoms with Crippen LogP contribution < -0.4 is 0 Å².